The fourth-order valence-corrected chi connectivity index (χ4v) is 1.54. The molecule has 2 unspecified atom stereocenters. The summed E-state index contributed by atoms with van der Waals surface area (Å²) in [6.45, 7) is 10.2. The minimum absolute atomic E-state index is 0.199. The Hall–Kier alpha value is -1.31. The highest BCUT2D eigenvalue weighted by Crippen LogP contribution is 2.19. The number of benzene rings is 1. The Morgan fingerprint density at radius 2 is 1.75 bits per heavy atom. The molecule has 0 aliphatic carbocycles. The minimum Gasteiger partial charge on any atom is -0.472 e. The Morgan fingerprint density at radius 3 is 2.25 bits per heavy atom. The van der Waals surface area contributed by atoms with Crippen molar-refractivity contribution in [3.63, 3.8) is 0 Å². The van der Waals surface area contributed by atoms with Gasteiger partial charge in [0.2, 0.25) is 5.90 Å². The molecule has 0 radical (unpaired) electrons. The van der Waals surface area contributed by atoms with Crippen molar-refractivity contribution in [3.05, 3.63) is 35.4 Å². The van der Waals surface area contributed by atoms with Crippen molar-refractivity contribution in [2.75, 3.05) is 0 Å². The van der Waals surface area contributed by atoms with E-state index in [0.717, 1.165) is 11.5 Å². The zero-order chi connectivity index (χ0) is 12.1. The fraction of sp³-hybridized carbons (Fsp3) is 0.500. The highest BCUT2D eigenvalue weighted by molar-refractivity contribution is 5.96. The molecular formula is C14H21NO. The van der Waals surface area contributed by atoms with Gasteiger partial charge in [0, 0.05) is 5.56 Å². The predicted octanol–water partition coefficient (Wildman–Crippen LogP) is 3.58. The Labute approximate surface area is 98.4 Å². The first-order valence-corrected chi connectivity index (χ1v) is 5.99. The summed E-state index contributed by atoms with van der Waals surface area (Å²) in [4.78, 5) is 4.50. The molecule has 0 fully saturated rings. The van der Waals surface area contributed by atoms with Gasteiger partial charge in [-0.1, -0.05) is 32.0 Å². The van der Waals surface area contributed by atoms with Crippen LogP contribution in [-0.4, -0.2) is 18.0 Å². The van der Waals surface area contributed by atoms with Crippen LogP contribution in [0.1, 0.15) is 38.8 Å². The topological polar surface area (TPSA) is 21.6 Å². The first-order chi connectivity index (χ1) is 7.68. The standard InChI is InChI=1S/C12H15NO.C2H6/c1-8-6-4-5-7-11(8)12-13-9(2)10(3)14-12;1-2/h4-7,9-10H,1-3H3;1-2H3. The lowest BCUT2D eigenvalue weighted by Crippen LogP contribution is -2.15. The van der Waals surface area contributed by atoms with Crippen LogP contribution < -0.4 is 0 Å². The second kappa shape index (κ2) is 5.69. The quantitative estimate of drug-likeness (QED) is 0.707. The first kappa shape index (κ1) is 12.8. The van der Waals surface area contributed by atoms with Crippen molar-refractivity contribution in [2.45, 2.75) is 46.8 Å². The molecule has 2 atom stereocenters. The molecule has 0 N–H and O–H groups in total. The normalized spacial score (nSPS) is 22.9. The van der Waals surface area contributed by atoms with E-state index in [9.17, 15) is 0 Å². The van der Waals surface area contributed by atoms with Gasteiger partial charge < -0.3 is 4.74 Å². The fourth-order valence-electron chi connectivity index (χ4n) is 1.54. The van der Waals surface area contributed by atoms with Gasteiger partial charge in [-0.3, -0.25) is 0 Å². The van der Waals surface area contributed by atoms with Gasteiger partial charge in [-0.05, 0) is 32.4 Å². The molecule has 88 valence electrons. The molecule has 1 aliphatic rings. The van der Waals surface area contributed by atoms with Crippen LogP contribution in [0, 0.1) is 6.92 Å². The molecular weight excluding hydrogens is 198 g/mol. The zero-order valence-corrected chi connectivity index (χ0v) is 10.8. The Kier molecular flexibility index (Phi) is 4.53. The highest BCUT2D eigenvalue weighted by Gasteiger charge is 2.24. The average molecular weight is 219 g/mol. The molecule has 0 bridgehead atoms. The van der Waals surface area contributed by atoms with Crippen LogP contribution in [0.25, 0.3) is 0 Å². The molecule has 2 heteroatoms. The van der Waals surface area contributed by atoms with Gasteiger partial charge in [0.05, 0.1) is 6.04 Å². The predicted molar refractivity (Wildman–Crippen MR) is 69.1 cm³/mol. The van der Waals surface area contributed by atoms with Crippen LogP contribution in [0.2, 0.25) is 0 Å². The maximum atomic E-state index is 5.69. The van der Waals surface area contributed by atoms with Gasteiger partial charge >= 0.3 is 0 Å². The lowest BCUT2D eigenvalue weighted by molar-refractivity contribution is 0.219. The van der Waals surface area contributed by atoms with E-state index in [-0.39, 0.29) is 12.1 Å². The van der Waals surface area contributed by atoms with Crippen LogP contribution in [0.3, 0.4) is 0 Å². The lowest BCUT2D eigenvalue weighted by atomic mass is 10.1. The van der Waals surface area contributed by atoms with Crippen LogP contribution in [-0.2, 0) is 4.74 Å². The Morgan fingerprint density at radius 1 is 1.12 bits per heavy atom. The summed E-state index contributed by atoms with van der Waals surface area (Å²) in [7, 11) is 0. The highest BCUT2D eigenvalue weighted by atomic mass is 16.5. The first-order valence-electron chi connectivity index (χ1n) is 5.99. The zero-order valence-electron chi connectivity index (χ0n) is 10.8. The lowest BCUT2D eigenvalue weighted by Gasteiger charge is -2.09. The second-order valence-electron chi connectivity index (χ2n) is 3.81. The summed E-state index contributed by atoms with van der Waals surface area (Å²) in [5.74, 6) is 0.795. The van der Waals surface area contributed by atoms with Crippen molar-refractivity contribution in [2.24, 2.45) is 4.99 Å². The van der Waals surface area contributed by atoms with Crippen molar-refractivity contribution in [1.29, 1.82) is 0 Å². The third-order valence-electron chi connectivity index (χ3n) is 2.67. The average Bonchev–Trinajstić information content (AvgIpc) is 2.62. The molecule has 1 aliphatic heterocycles. The van der Waals surface area contributed by atoms with Crippen molar-refractivity contribution >= 4 is 5.90 Å². The van der Waals surface area contributed by atoms with E-state index in [4.69, 9.17) is 4.74 Å². The third-order valence-corrected chi connectivity index (χ3v) is 2.67. The number of hydrogen-bond donors (Lipinski definition) is 0. The monoisotopic (exact) mass is 219 g/mol. The van der Waals surface area contributed by atoms with Crippen LogP contribution in [0.15, 0.2) is 29.3 Å². The SMILES string of the molecule is CC.Cc1ccccc1C1=NC(C)C(C)O1. The van der Waals surface area contributed by atoms with Gasteiger partial charge in [0.25, 0.3) is 0 Å². The molecule has 1 aromatic rings. The molecule has 0 spiro atoms. The maximum Gasteiger partial charge on any atom is 0.217 e. The van der Waals surface area contributed by atoms with Crippen LogP contribution in [0.4, 0.5) is 0 Å². The summed E-state index contributed by atoms with van der Waals surface area (Å²) >= 11 is 0. The summed E-state index contributed by atoms with van der Waals surface area (Å²) in [6.07, 6.45) is 0.199. The third kappa shape index (κ3) is 2.63. The largest absolute Gasteiger partial charge is 0.472 e. The Bertz CT molecular complexity index is 371. The van der Waals surface area contributed by atoms with Gasteiger partial charge in [-0.2, -0.15) is 0 Å². The Balaban J connectivity index is 0.000000606. The van der Waals surface area contributed by atoms with Crippen LogP contribution >= 0.6 is 0 Å². The van der Waals surface area contributed by atoms with Crippen molar-refractivity contribution in [1.82, 2.24) is 0 Å². The minimum atomic E-state index is 0.199. The molecule has 1 aromatic carbocycles. The van der Waals surface area contributed by atoms with Gasteiger partial charge in [0.15, 0.2) is 0 Å². The smallest absolute Gasteiger partial charge is 0.217 e. The van der Waals surface area contributed by atoms with Crippen LogP contribution in [0.5, 0.6) is 0 Å². The number of ether oxygens (including phenoxy) is 1. The number of aryl methyl sites for hydroxylation is 1. The van der Waals surface area contributed by atoms with E-state index in [2.05, 4.69) is 37.9 Å². The molecule has 2 rings (SSSR count). The van der Waals surface area contributed by atoms with E-state index in [1.165, 1.54) is 5.56 Å². The summed E-state index contributed by atoms with van der Waals surface area (Å²) in [5.41, 5.74) is 2.33. The van der Waals surface area contributed by atoms with E-state index < -0.39 is 0 Å². The number of nitrogens with zero attached hydrogens (tertiary/aromatic N) is 1. The second-order valence-corrected chi connectivity index (χ2v) is 3.81. The van der Waals surface area contributed by atoms with Crippen molar-refractivity contribution in [3.8, 4) is 0 Å². The van der Waals surface area contributed by atoms with Crippen molar-refractivity contribution < 1.29 is 4.74 Å². The van der Waals surface area contributed by atoms with E-state index in [1.54, 1.807) is 0 Å². The van der Waals surface area contributed by atoms with Gasteiger partial charge in [-0.25, -0.2) is 4.99 Å². The number of aliphatic imine (C=N–C) groups is 1. The summed E-state index contributed by atoms with van der Waals surface area (Å²) in [5, 5.41) is 0. The molecule has 16 heavy (non-hydrogen) atoms. The summed E-state index contributed by atoms with van der Waals surface area (Å²) in [6, 6.07) is 8.45. The van der Waals surface area contributed by atoms with Gasteiger partial charge in [0.1, 0.15) is 6.10 Å². The molecule has 1 heterocycles. The maximum absolute atomic E-state index is 5.69. The number of hydrogen-bond acceptors (Lipinski definition) is 2. The summed E-state index contributed by atoms with van der Waals surface area (Å²) < 4.78 is 5.69. The number of rotatable bonds is 1. The molecule has 2 nitrogen and oxygen atoms in total. The van der Waals surface area contributed by atoms with E-state index >= 15 is 0 Å². The molecule has 0 amide bonds. The molecule has 0 aromatic heterocycles. The van der Waals surface area contributed by atoms with E-state index in [0.29, 0.717) is 0 Å². The van der Waals surface area contributed by atoms with Gasteiger partial charge in [-0.15, -0.1) is 0 Å². The molecule has 0 saturated heterocycles. The van der Waals surface area contributed by atoms with E-state index in [1.807, 2.05) is 26.0 Å². The molecule has 0 saturated carbocycles.